The first-order chi connectivity index (χ1) is 13.8. The molecule has 1 aliphatic rings. The third-order valence-electron chi connectivity index (χ3n) is 4.57. The van der Waals surface area contributed by atoms with E-state index in [1.807, 2.05) is 19.1 Å². The summed E-state index contributed by atoms with van der Waals surface area (Å²) in [5, 5.41) is 3.27. The Morgan fingerprint density at radius 2 is 2.07 bits per heavy atom. The van der Waals surface area contributed by atoms with E-state index in [1.54, 1.807) is 17.2 Å². The Balaban J connectivity index is 2.09. The molecule has 0 radical (unpaired) electrons. The SMILES string of the molecule is CCCCN1C(=O)/C(=C\c2c(NCC(C)C)nc3ccc(C)cn3c2=O)SC1=S. The minimum absolute atomic E-state index is 0.142. The van der Waals surface area contributed by atoms with Crippen LogP contribution in [-0.4, -0.2) is 37.6 Å². The zero-order chi connectivity index (χ0) is 21.1. The number of carbonyl (C=O) groups is 1. The Morgan fingerprint density at radius 1 is 1.31 bits per heavy atom. The number of hydrogen-bond acceptors (Lipinski definition) is 6. The van der Waals surface area contributed by atoms with E-state index in [4.69, 9.17) is 12.2 Å². The zero-order valence-corrected chi connectivity index (χ0v) is 18.8. The van der Waals surface area contributed by atoms with Crippen LogP contribution in [0.5, 0.6) is 0 Å². The number of anilines is 1. The maximum absolute atomic E-state index is 13.2. The van der Waals surface area contributed by atoms with Gasteiger partial charge in [0.15, 0.2) is 0 Å². The number of thiocarbonyl (C=S) groups is 1. The molecule has 8 heteroatoms. The standard InChI is InChI=1S/C21H26N4O2S2/c1-5-6-9-24-20(27)16(29-21(24)28)10-15-18(22-11-13(2)3)23-17-8-7-14(4)12-25(17)19(15)26/h7-8,10,12-13,22H,5-6,9,11H2,1-4H3/b16-10+. The minimum Gasteiger partial charge on any atom is -0.369 e. The van der Waals surface area contributed by atoms with Gasteiger partial charge >= 0.3 is 0 Å². The molecule has 1 fully saturated rings. The molecule has 6 nitrogen and oxygen atoms in total. The maximum atomic E-state index is 13.2. The molecule has 29 heavy (non-hydrogen) atoms. The van der Waals surface area contributed by atoms with Gasteiger partial charge in [0, 0.05) is 19.3 Å². The molecular formula is C21H26N4O2S2. The Kier molecular flexibility index (Phi) is 6.74. The molecule has 154 valence electrons. The van der Waals surface area contributed by atoms with Crippen LogP contribution in [0.25, 0.3) is 11.7 Å². The van der Waals surface area contributed by atoms with Crippen molar-refractivity contribution in [3.8, 4) is 0 Å². The fourth-order valence-electron chi connectivity index (χ4n) is 2.96. The van der Waals surface area contributed by atoms with Crippen LogP contribution in [0.3, 0.4) is 0 Å². The lowest BCUT2D eigenvalue weighted by Gasteiger charge is -2.14. The number of carbonyl (C=O) groups excluding carboxylic acids is 1. The number of nitrogens with one attached hydrogen (secondary N) is 1. The van der Waals surface area contributed by atoms with Gasteiger partial charge in [-0.1, -0.05) is 57.2 Å². The van der Waals surface area contributed by atoms with Crippen molar-refractivity contribution in [3.05, 3.63) is 44.7 Å². The number of unbranched alkanes of at least 4 members (excludes halogenated alkanes) is 1. The number of pyridine rings is 1. The summed E-state index contributed by atoms with van der Waals surface area (Å²) in [5.41, 5.74) is 1.70. The lowest BCUT2D eigenvalue weighted by molar-refractivity contribution is -0.122. The molecule has 0 bridgehead atoms. The highest BCUT2D eigenvalue weighted by molar-refractivity contribution is 8.26. The predicted molar refractivity (Wildman–Crippen MR) is 124 cm³/mol. The fraction of sp³-hybridized carbons (Fsp3) is 0.429. The van der Waals surface area contributed by atoms with E-state index < -0.39 is 0 Å². The van der Waals surface area contributed by atoms with E-state index in [-0.39, 0.29) is 11.5 Å². The Hall–Kier alpha value is -2.19. The quantitative estimate of drug-likeness (QED) is 0.528. The Labute approximate surface area is 180 Å². The van der Waals surface area contributed by atoms with Crippen molar-refractivity contribution in [1.82, 2.24) is 14.3 Å². The van der Waals surface area contributed by atoms with Crippen molar-refractivity contribution in [1.29, 1.82) is 0 Å². The summed E-state index contributed by atoms with van der Waals surface area (Å²) in [6.07, 6.45) is 5.27. The van der Waals surface area contributed by atoms with Gasteiger partial charge in [-0.3, -0.25) is 18.9 Å². The van der Waals surface area contributed by atoms with Crippen LogP contribution in [0.4, 0.5) is 5.82 Å². The normalized spacial score (nSPS) is 15.9. The second kappa shape index (κ2) is 9.09. The van der Waals surface area contributed by atoms with Gasteiger partial charge in [-0.25, -0.2) is 4.98 Å². The van der Waals surface area contributed by atoms with E-state index in [2.05, 4.69) is 31.1 Å². The lowest BCUT2D eigenvalue weighted by atomic mass is 10.2. The molecule has 1 saturated heterocycles. The molecular weight excluding hydrogens is 404 g/mol. The van der Waals surface area contributed by atoms with E-state index in [0.29, 0.717) is 45.3 Å². The van der Waals surface area contributed by atoms with Gasteiger partial charge in [-0.05, 0) is 37.0 Å². The monoisotopic (exact) mass is 430 g/mol. The van der Waals surface area contributed by atoms with Gasteiger partial charge in [0.1, 0.15) is 15.8 Å². The van der Waals surface area contributed by atoms with E-state index >= 15 is 0 Å². The molecule has 2 aromatic rings. The smallest absolute Gasteiger partial charge is 0.267 e. The number of rotatable bonds is 7. The first kappa shape index (κ1) is 21.5. The third kappa shape index (κ3) is 4.70. The molecule has 0 spiro atoms. The summed E-state index contributed by atoms with van der Waals surface area (Å²) in [4.78, 5) is 32.8. The van der Waals surface area contributed by atoms with Gasteiger partial charge in [0.2, 0.25) is 0 Å². The van der Waals surface area contributed by atoms with Crippen LogP contribution < -0.4 is 10.9 Å². The second-order valence-corrected chi connectivity index (χ2v) is 9.25. The van der Waals surface area contributed by atoms with E-state index in [9.17, 15) is 9.59 Å². The molecule has 3 rings (SSSR count). The van der Waals surface area contributed by atoms with Gasteiger partial charge in [0.25, 0.3) is 11.5 Å². The molecule has 2 aromatic heterocycles. The van der Waals surface area contributed by atoms with Crippen molar-refractivity contribution in [2.45, 2.75) is 40.5 Å². The summed E-state index contributed by atoms with van der Waals surface area (Å²) in [7, 11) is 0. The van der Waals surface area contributed by atoms with Gasteiger partial charge in [0.05, 0.1) is 10.5 Å². The van der Waals surface area contributed by atoms with Crippen molar-refractivity contribution in [3.63, 3.8) is 0 Å². The van der Waals surface area contributed by atoms with E-state index in [1.165, 1.54) is 16.2 Å². The molecule has 0 unspecified atom stereocenters. The summed E-state index contributed by atoms with van der Waals surface area (Å²) in [5.74, 6) is 0.733. The van der Waals surface area contributed by atoms with Crippen LogP contribution in [0.2, 0.25) is 0 Å². The molecule has 1 N–H and O–H groups in total. The Bertz CT molecular complexity index is 1040. The van der Waals surface area contributed by atoms with Crippen molar-refractivity contribution < 1.29 is 4.79 Å². The molecule has 0 atom stereocenters. The van der Waals surface area contributed by atoms with Crippen molar-refractivity contribution in [2.75, 3.05) is 18.4 Å². The summed E-state index contributed by atoms with van der Waals surface area (Å²) in [6, 6.07) is 3.75. The average Bonchev–Trinajstić information content (AvgIpc) is 2.94. The molecule has 0 saturated carbocycles. The van der Waals surface area contributed by atoms with Gasteiger partial charge < -0.3 is 5.32 Å². The predicted octanol–water partition coefficient (Wildman–Crippen LogP) is 4.07. The van der Waals surface area contributed by atoms with Gasteiger partial charge in [-0.15, -0.1) is 0 Å². The number of hydrogen-bond donors (Lipinski definition) is 1. The largest absolute Gasteiger partial charge is 0.369 e. The minimum atomic E-state index is -0.205. The molecule has 1 aliphatic heterocycles. The summed E-state index contributed by atoms with van der Waals surface area (Å²) in [6.45, 7) is 9.45. The van der Waals surface area contributed by atoms with Crippen molar-refractivity contribution in [2.24, 2.45) is 5.92 Å². The number of thioether (sulfide) groups is 1. The highest BCUT2D eigenvalue weighted by atomic mass is 32.2. The van der Waals surface area contributed by atoms with Crippen LogP contribution in [0.15, 0.2) is 28.0 Å². The zero-order valence-electron chi connectivity index (χ0n) is 17.2. The van der Waals surface area contributed by atoms with Crippen LogP contribution in [0.1, 0.15) is 44.7 Å². The van der Waals surface area contributed by atoms with Gasteiger partial charge in [-0.2, -0.15) is 0 Å². The lowest BCUT2D eigenvalue weighted by Crippen LogP contribution is -2.29. The third-order valence-corrected chi connectivity index (χ3v) is 5.95. The highest BCUT2D eigenvalue weighted by Crippen LogP contribution is 2.33. The molecule has 3 heterocycles. The first-order valence-electron chi connectivity index (χ1n) is 9.84. The average molecular weight is 431 g/mol. The van der Waals surface area contributed by atoms with E-state index in [0.717, 1.165) is 18.4 Å². The van der Waals surface area contributed by atoms with Crippen LogP contribution >= 0.6 is 24.0 Å². The highest BCUT2D eigenvalue weighted by Gasteiger charge is 2.32. The summed E-state index contributed by atoms with van der Waals surface area (Å²) >= 11 is 6.62. The number of aryl methyl sites for hydroxylation is 1. The number of fused-ring (bicyclic) bond motifs is 1. The molecule has 1 amide bonds. The number of aromatic nitrogens is 2. The van der Waals surface area contributed by atoms with Crippen LogP contribution in [0, 0.1) is 12.8 Å². The second-order valence-electron chi connectivity index (χ2n) is 7.58. The number of amides is 1. The fourth-order valence-corrected chi connectivity index (χ4v) is 4.25. The first-order valence-corrected chi connectivity index (χ1v) is 11.1. The molecule has 0 aliphatic carbocycles. The Morgan fingerprint density at radius 3 is 2.76 bits per heavy atom. The van der Waals surface area contributed by atoms with Crippen LogP contribution in [-0.2, 0) is 4.79 Å². The van der Waals surface area contributed by atoms with Crippen molar-refractivity contribution >= 4 is 51.7 Å². The maximum Gasteiger partial charge on any atom is 0.267 e. The summed E-state index contributed by atoms with van der Waals surface area (Å²) < 4.78 is 2.07. The number of nitrogens with zero attached hydrogens (tertiary/aromatic N) is 3. The molecule has 0 aromatic carbocycles. The topological polar surface area (TPSA) is 66.7 Å².